The van der Waals surface area contributed by atoms with E-state index in [1.165, 1.54) is 12.1 Å². The van der Waals surface area contributed by atoms with Crippen LogP contribution in [0.25, 0.3) is 0 Å². The van der Waals surface area contributed by atoms with Gasteiger partial charge in [0.1, 0.15) is 11.6 Å². The third kappa shape index (κ3) is 6.72. The Hall–Kier alpha value is -2.60. The molecule has 0 aromatic heterocycles. The van der Waals surface area contributed by atoms with Gasteiger partial charge in [-0.3, -0.25) is 0 Å². The van der Waals surface area contributed by atoms with Crippen molar-refractivity contribution in [3.8, 4) is 5.75 Å². The summed E-state index contributed by atoms with van der Waals surface area (Å²) < 4.78 is 13.1. The van der Waals surface area contributed by atoms with Crippen molar-refractivity contribution in [1.82, 2.24) is 15.5 Å². The topological polar surface area (TPSA) is 64.6 Å². The molecule has 6 heteroatoms. The number of likely N-dealkylation sites (N-methyl/N-ethyl adjacent to an activating group) is 1. The molecule has 1 atom stereocenters. The molecule has 2 rings (SSSR count). The molecule has 2 aromatic rings. The van der Waals surface area contributed by atoms with E-state index in [1.54, 1.807) is 18.2 Å². The van der Waals surface area contributed by atoms with Crippen LogP contribution in [0.2, 0.25) is 0 Å². The summed E-state index contributed by atoms with van der Waals surface area (Å²) >= 11 is 0. The Morgan fingerprint density at radius 2 is 1.85 bits per heavy atom. The number of hydrogen-bond acceptors (Lipinski definition) is 3. The van der Waals surface area contributed by atoms with Crippen LogP contribution in [0.4, 0.5) is 9.18 Å². The summed E-state index contributed by atoms with van der Waals surface area (Å²) in [4.78, 5) is 14.0. The molecule has 2 amide bonds. The minimum absolute atomic E-state index is 0.133. The van der Waals surface area contributed by atoms with E-state index in [4.69, 9.17) is 0 Å². The van der Waals surface area contributed by atoms with E-state index < -0.39 is 0 Å². The predicted molar refractivity (Wildman–Crippen MR) is 101 cm³/mol. The van der Waals surface area contributed by atoms with Crippen LogP contribution in [0, 0.1) is 5.82 Å². The smallest absolute Gasteiger partial charge is 0.314 e. The second-order valence-corrected chi connectivity index (χ2v) is 6.50. The molecule has 5 nitrogen and oxygen atoms in total. The van der Waals surface area contributed by atoms with Gasteiger partial charge in [0.15, 0.2) is 0 Å². The normalized spacial score (nSPS) is 12.0. The summed E-state index contributed by atoms with van der Waals surface area (Å²) in [6.07, 6.45) is 1.34. The van der Waals surface area contributed by atoms with Gasteiger partial charge < -0.3 is 20.6 Å². The summed E-state index contributed by atoms with van der Waals surface area (Å²) in [7, 11) is 3.93. The van der Waals surface area contributed by atoms with Crippen molar-refractivity contribution in [1.29, 1.82) is 0 Å². The van der Waals surface area contributed by atoms with Crippen LogP contribution in [-0.2, 0) is 12.8 Å². The Balaban J connectivity index is 1.75. The van der Waals surface area contributed by atoms with E-state index in [9.17, 15) is 14.3 Å². The molecule has 1 unspecified atom stereocenters. The Morgan fingerprint density at radius 1 is 1.12 bits per heavy atom. The van der Waals surface area contributed by atoms with Crippen molar-refractivity contribution in [3.63, 3.8) is 0 Å². The molecule has 0 heterocycles. The summed E-state index contributed by atoms with van der Waals surface area (Å²) in [6, 6.07) is 13.3. The number of phenols is 1. The molecular weight excluding hydrogens is 333 g/mol. The van der Waals surface area contributed by atoms with Crippen molar-refractivity contribution in [3.05, 3.63) is 65.5 Å². The van der Waals surface area contributed by atoms with E-state index in [-0.39, 0.29) is 23.6 Å². The van der Waals surface area contributed by atoms with Gasteiger partial charge in [-0.05, 0) is 62.3 Å². The maximum absolute atomic E-state index is 13.1. The molecule has 0 aliphatic rings. The standard InChI is InChI=1S/C20H26FN3O2/c1-24(2)18(13-16-6-8-19(25)9-7-16)14-23-20(26)22-11-10-15-4-3-5-17(21)12-15/h3-9,12,18,25H,10-11,13-14H2,1-2H3,(H2,22,23,26). The molecule has 0 aliphatic heterocycles. The monoisotopic (exact) mass is 359 g/mol. The second kappa shape index (κ2) is 9.77. The summed E-state index contributed by atoms with van der Waals surface area (Å²) in [5, 5.41) is 15.0. The number of benzene rings is 2. The predicted octanol–water partition coefficient (Wildman–Crippen LogP) is 2.55. The van der Waals surface area contributed by atoms with Crippen LogP contribution in [0.3, 0.4) is 0 Å². The third-order valence-electron chi connectivity index (χ3n) is 4.22. The fourth-order valence-corrected chi connectivity index (χ4v) is 2.63. The van der Waals surface area contributed by atoms with Crippen molar-refractivity contribution in [2.45, 2.75) is 18.9 Å². The maximum Gasteiger partial charge on any atom is 0.314 e. The highest BCUT2D eigenvalue weighted by atomic mass is 19.1. The Bertz CT molecular complexity index is 704. The molecular formula is C20H26FN3O2. The van der Waals surface area contributed by atoms with E-state index in [0.717, 1.165) is 17.5 Å². The lowest BCUT2D eigenvalue weighted by atomic mass is 10.1. The van der Waals surface area contributed by atoms with Crippen molar-refractivity contribution < 1.29 is 14.3 Å². The van der Waals surface area contributed by atoms with Gasteiger partial charge in [-0.2, -0.15) is 0 Å². The number of carbonyl (C=O) groups is 1. The lowest BCUT2D eigenvalue weighted by Gasteiger charge is -2.25. The van der Waals surface area contributed by atoms with Crippen LogP contribution in [0.15, 0.2) is 48.5 Å². The second-order valence-electron chi connectivity index (χ2n) is 6.50. The number of nitrogens with one attached hydrogen (secondary N) is 2. The number of aromatic hydroxyl groups is 1. The Kier molecular flexibility index (Phi) is 7.41. The summed E-state index contributed by atoms with van der Waals surface area (Å²) in [5.74, 6) is -0.0269. The van der Waals surface area contributed by atoms with Crippen LogP contribution >= 0.6 is 0 Å². The molecule has 3 N–H and O–H groups in total. The van der Waals surface area contributed by atoms with Gasteiger partial charge in [0.05, 0.1) is 0 Å². The molecule has 0 saturated carbocycles. The van der Waals surface area contributed by atoms with E-state index >= 15 is 0 Å². The Morgan fingerprint density at radius 3 is 2.50 bits per heavy atom. The van der Waals surface area contributed by atoms with Gasteiger partial charge in [0, 0.05) is 19.1 Å². The zero-order valence-corrected chi connectivity index (χ0v) is 15.2. The molecule has 0 spiro atoms. The van der Waals surface area contributed by atoms with Gasteiger partial charge >= 0.3 is 6.03 Å². The highest BCUT2D eigenvalue weighted by Gasteiger charge is 2.13. The quantitative estimate of drug-likeness (QED) is 0.679. The largest absolute Gasteiger partial charge is 0.508 e. The average Bonchev–Trinajstić information content (AvgIpc) is 2.60. The maximum atomic E-state index is 13.1. The first-order valence-electron chi connectivity index (χ1n) is 8.64. The van der Waals surface area contributed by atoms with Gasteiger partial charge in [-0.15, -0.1) is 0 Å². The molecule has 26 heavy (non-hydrogen) atoms. The van der Waals surface area contributed by atoms with Gasteiger partial charge in [-0.1, -0.05) is 24.3 Å². The molecule has 0 saturated heterocycles. The fraction of sp³-hybridized carbons (Fsp3) is 0.350. The minimum Gasteiger partial charge on any atom is -0.508 e. The Labute approximate surface area is 153 Å². The van der Waals surface area contributed by atoms with Crippen LogP contribution < -0.4 is 10.6 Å². The van der Waals surface area contributed by atoms with Crippen LogP contribution in [0.1, 0.15) is 11.1 Å². The summed E-state index contributed by atoms with van der Waals surface area (Å²) in [6.45, 7) is 0.944. The highest BCUT2D eigenvalue weighted by molar-refractivity contribution is 5.73. The lowest BCUT2D eigenvalue weighted by molar-refractivity contribution is 0.232. The highest BCUT2D eigenvalue weighted by Crippen LogP contribution is 2.12. The number of rotatable bonds is 8. The van der Waals surface area contributed by atoms with Crippen molar-refractivity contribution in [2.24, 2.45) is 0 Å². The number of halogens is 1. The minimum atomic E-state index is -0.269. The first kappa shape index (κ1) is 19.7. The number of nitrogens with zero attached hydrogens (tertiary/aromatic N) is 1. The zero-order valence-electron chi connectivity index (χ0n) is 15.2. The molecule has 2 aromatic carbocycles. The first-order chi connectivity index (χ1) is 12.4. The third-order valence-corrected chi connectivity index (χ3v) is 4.22. The van der Waals surface area contributed by atoms with E-state index in [0.29, 0.717) is 19.5 Å². The summed E-state index contributed by atoms with van der Waals surface area (Å²) in [5.41, 5.74) is 1.94. The van der Waals surface area contributed by atoms with Crippen LogP contribution in [0.5, 0.6) is 5.75 Å². The fourth-order valence-electron chi connectivity index (χ4n) is 2.63. The number of amides is 2. The molecule has 0 aliphatic carbocycles. The van der Waals surface area contributed by atoms with Gasteiger partial charge in [0.2, 0.25) is 0 Å². The van der Waals surface area contributed by atoms with Crippen LogP contribution in [-0.4, -0.2) is 49.3 Å². The van der Waals surface area contributed by atoms with E-state index in [1.807, 2.05) is 32.3 Å². The molecule has 0 radical (unpaired) electrons. The van der Waals surface area contributed by atoms with Gasteiger partial charge in [0.25, 0.3) is 0 Å². The van der Waals surface area contributed by atoms with E-state index in [2.05, 4.69) is 15.5 Å². The number of phenolic OH excluding ortho intramolecular Hbond substituents is 1. The first-order valence-corrected chi connectivity index (χ1v) is 8.64. The number of carbonyl (C=O) groups excluding carboxylic acids is 1. The number of hydrogen-bond donors (Lipinski definition) is 3. The molecule has 0 bridgehead atoms. The molecule has 140 valence electrons. The zero-order chi connectivity index (χ0) is 18.9. The average molecular weight is 359 g/mol. The SMILES string of the molecule is CN(C)C(CNC(=O)NCCc1cccc(F)c1)Cc1ccc(O)cc1. The van der Waals surface area contributed by atoms with Gasteiger partial charge in [-0.25, -0.2) is 9.18 Å². The van der Waals surface area contributed by atoms with Crippen molar-refractivity contribution >= 4 is 6.03 Å². The lowest BCUT2D eigenvalue weighted by Crippen LogP contribution is -2.45. The molecule has 0 fully saturated rings. The van der Waals surface area contributed by atoms with Crippen molar-refractivity contribution in [2.75, 3.05) is 27.2 Å². The number of urea groups is 1.